The Hall–Kier alpha value is -2.23. The zero-order valence-electron chi connectivity index (χ0n) is 12.8. The Labute approximate surface area is 154 Å². The molecule has 120 valence electrons. The lowest BCUT2D eigenvalue weighted by molar-refractivity contribution is -0.118. The number of hydrogen-bond donors (Lipinski definition) is 2. The molecule has 0 bridgehead atoms. The van der Waals surface area contributed by atoms with E-state index >= 15 is 0 Å². The Morgan fingerprint density at radius 3 is 2.67 bits per heavy atom. The number of thiol groups is 1. The number of nitrogens with one attached hydrogen (secondary N) is 1. The fraction of sp³-hybridized carbons (Fsp3) is 0.111. The van der Waals surface area contributed by atoms with Crippen molar-refractivity contribution in [3.63, 3.8) is 0 Å². The molecule has 0 spiro atoms. The van der Waals surface area contributed by atoms with Crippen molar-refractivity contribution in [2.75, 3.05) is 4.90 Å². The third kappa shape index (κ3) is 2.93. The maximum atomic E-state index is 12.3. The Morgan fingerprint density at radius 1 is 1.25 bits per heavy atom. The van der Waals surface area contributed by atoms with E-state index in [1.54, 1.807) is 0 Å². The van der Waals surface area contributed by atoms with Crippen LogP contribution in [0.3, 0.4) is 0 Å². The number of halogens is 1. The van der Waals surface area contributed by atoms with Crippen LogP contribution in [0.2, 0.25) is 0 Å². The minimum Gasteiger partial charge on any atom is -0.327 e. The molecule has 2 aromatic carbocycles. The highest BCUT2D eigenvalue weighted by atomic mass is 79.9. The van der Waals surface area contributed by atoms with Gasteiger partial charge >= 0.3 is 0 Å². The van der Waals surface area contributed by atoms with Crippen LogP contribution in [0.4, 0.5) is 5.69 Å². The van der Waals surface area contributed by atoms with Crippen LogP contribution < -0.4 is 10.2 Å². The second-order valence-corrected chi connectivity index (χ2v) is 6.74. The Kier molecular flexibility index (Phi) is 4.65. The second kappa shape index (κ2) is 6.71. The summed E-state index contributed by atoms with van der Waals surface area (Å²) in [5.41, 5.74) is 2.81. The lowest BCUT2D eigenvalue weighted by Crippen LogP contribution is -2.46. The number of hydrogen-bond acceptors (Lipinski definition) is 4. The number of aryl methyl sites for hydroxylation is 1. The molecule has 6 heteroatoms. The maximum absolute atomic E-state index is 12.3. The molecule has 2 aromatic rings. The quantitative estimate of drug-likeness (QED) is 0.748. The van der Waals surface area contributed by atoms with E-state index < -0.39 is 12.1 Å². The summed E-state index contributed by atoms with van der Waals surface area (Å²) in [6, 6.07) is 17.4. The zero-order valence-corrected chi connectivity index (χ0v) is 15.3. The fourth-order valence-electron chi connectivity index (χ4n) is 2.70. The highest BCUT2D eigenvalue weighted by molar-refractivity contribution is 9.10. The zero-order chi connectivity index (χ0) is 17.3. The first-order chi connectivity index (χ1) is 11.5. The average Bonchev–Trinajstić information content (AvgIpc) is 2.56. The monoisotopic (exact) mass is 399 g/mol. The van der Waals surface area contributed by atoms with E-state index in [-0.39, 0.29) is 5.57 Å². The van der Waals surface area contributed by atoms with Crippen molar-refractivity contribution < 1.29 is 4.79 Å². The number of amides is 1. The molecule has 1 atom stereocenters. The van der Waals surface area contributed by atoms with Crippen LogP contribution >= 0.6 is 28.6 Å². The average molecular weight is 400 g/mol. The maximum Gasteiger partial charge on any atom is 0.266 e. The number of anilines is 1. The van der Waals surface area contributed by atoms with Crippen molar-refractivity contribution in [1.82, 2.24) is 5.32 Å². The van der Waals surface area contributed by atoms with Crippen molar-refractivity contribution in [2.45, 2.75) is 13.1 Å². The first-order valence-corrected chi connectivity index (χ1v) is 8.51. The number of nitrogens with zero attached hydrogens (tertiary/aromatic N) is 2. The smallest absolute Gasteiger partial charge is 0.266 e. The van der Waals surface area contributed by atoms with Gasteiger partial charge in [-0.05, 0) is 36.2 Å². The van der Waals surface area contributed by atoms with E-state index in [0.29, 0.717) is 5.03 Å². The molecule has 0 aliphatic carbocycles. The molecule has 3 rings (SSSR count). The van der Waals surface area contributed by atoms with Gasteiger partial charge < -0.3 is 10.2 Å². The number of rotatable bonds is 2. The van der Waals surface area contributed by atoms with Crippen LogP contribution in [0.25, 0.3) is 0 Å². The minimum atomic E-state index is -0.444. The van der Waals surface area contributed by atoms with Crippen molar-refractivity contribution in [3.05, 3.63) is 74.7 Å². The van der Waals surface area contributed by atoms with Crippen molar-refractivity contribution >= 4 is 40.2 Å². The van der Waals surface area contributed by atoms with Gasteiger partial charge in [0, 0.05) is 10.2 Å². The molecule has 0 fully saturated rings. The van der Waals surface area contributed by atoms with E-state index in [0.717, 1.165) is 21.3 Å². The van der Waals surface area contributed by atoms with Gasteiger partial charge in [0.1, 0.15) is 17.8 Å². The summed E-state index contributed by atoms with van der Waals surface area (Å²) in [7, 11) is 0. The molecule has 1 unspecified atom stereocenters. The highest BCUT2D eigenvalue weighted by Gasteiger charge is 2.34. The van der Waals surface area contributed by atoms with E-state index in [1.807, 2.05) is 66.4 Å². The van der Waals surface area contributed by atoms with E-state index in [1.165, 1.54) is 0 Å². The van der Waals surface area contributed by atoms with Crippen LogP contribution in [0, 0.1) is 18.3 Å². The molecule has 4 nitrogen and oxygen atoms in total. The summed E-state index contributed by atoms with van der Waals surface area (Å²) in [4.78, 5) is 14.2. The van der Waals surface area contributed by atoms with Gasteiger partial charge in [-0.25, -0.2) is 0 Å². The van der Waals surface area contributed by atoms with Crippen LogP contribution in [0.1, 0.15) is 17.3 Å². The molecular weight excluding hydrogens is 386 g/mol. The summed E-state index contributed by atoms with van der Waals surface area (Å²) in [5, 5.41) is 12.6. The fourth-order valence-corrected chi connectivity index (χ4v) is 3.49. The first-order valence-electron chi connectivity index (χ1n) is 7.27. The Bertz CT molecular complexity index is 888. The molecule has 24 heavy (non-hydrogen) atoms. The molecule has 1 aliphatic heterocycles. The summed E-state index contributed by atoms with van der Waals surface area (Å²) in [6.45, 7) is 1.98. The van der Waals surface area contributed by atoms with Gasteiger partial charge in [0.05, 0.1) is 5.03 Å². The summed E-state index contributed by atoms with van der Waals surface area (Å²) >= 11 is 7.96. The highest BCUT2D eigenvalue weighted by Crippen LogP contribution is 2.37. The lowest BCUT2D eigenvalue weighted by Gasteiger charge is -2.38. The predicted molar refractivity (Wildman–Crippen MR) is 100 cm³/mol. The second-order valence-electron chi connectivity index (χ2n) is 5.40. The van der Waals surface area contributed by atoms with E-state index in [9.17, 15) is 10.1 Å². The molecule has 1 N–H and O–H groups in total. The number of carbonyl (C=O) groups is 1. The van der Waals surface area contributed by atoms with E-state index in [4.69, 9.17) is 0 Å². The molecule has 0 aromatic heterocycles. The molecule has 1 amide bonds. The van der Waals surface area contributed by atoms with Gasteiger partial charge in [0.2, 0.25) is 0 Å². The lowest BCUT2D eigenvalue weighted by atomic mass is 10.1. The van der Waals surface area contributed by atoms with Gasteiger partial charge in [0.15, 0.2) is 0 Å². The molecular formula is C18H14BrN3OS. The summed E-state index contributed by atoms with van der Waals surface area (Å²) in [6.07, 6.45) is -0.444. The third-order valence-corrected chi connectivity index (χ3v) is 4.79. The standard InChI is InChI=1S/C18H14BrN3OS/c1-11-5-2-3-8-15(11)22-16(12-6-4-7-13(19)9-12)21-17(23)14(10-20)18(22)24/h2-9,16,24H,1H3,(H,21,23). The van der Waals surface area contributed by atoms with Crippen molar-refractivity contribution in [2.24, 2.45) is 0 Å². The van der Waals surface area contributed by atoms with Crippen LogP contribution in [0.15, 0.2) is 63.6 Å². The normalized spacial score (nSPS) is 17.5. The molecule has 0 saturated carbocycles. The molecule has 0 radical (unpaired) electrons. The van der Waals surface area contributed by atoms with Gasteiger partial charge in [-0.2, -0.15) is 5.26 Å². The van der Waals surface area contributed by atoms with Gasteiger partial charge in [0.25, 0.3) is 5.91 Å². The number of nitriles is 1. The predicted octanol–water partition coefficient (Wildman–Crippen LogP) is 4.06. The van der Waals surface area contributed by atoms with Crippen molar-refractivity contribution in [1.29, 1.82) is 5.26 Å². The van der Waals surface area contributed by atoms with Gasteiger partial charge in [-0.15, -0.1) is 12.6 Å². The van der Waals surface area contributed by atoms with Crippen LogP contribution in [0.5, 0.6) is 0 Å². The topological polar surface area (TPSA) is 56.1 Å². The molecule has 1 heterocycles. The summed E-state index contributed by atoms with van der Waals surface area (Å²) in [5.74, 6) is -0.419. The molecule has 1 aliphatic rings. The first kappa shape index (κ1) is 16.6. The minimum absolute atomic E-state index is 0.00725. The SMILES string of the molecule is Cc1ccccc1N1C(S)=C(C#N)C(=O)NC1c1cccc(Br)c1. The number of benzene rings is 2. The number of carbonyl (C=O) groups excluding carboxylic acids is 1. The third-order valence-electron chi connectivity index (χ3n) is 3.86. The number of para-hydroxylation sites is 1. The van der Waals surface area contributed by atoms with Crippen LogP contribution in [-0.2, 0) is 4.79 Å². The van der Waals surface area contributed by atoms with Crippen LogP contribution in [-0.4, -0.2) is 5.91 Å². The largest absolute Gasteiger partial charge is 0.327 e. The van der Waals surface area contributed by atoms with Gasteiger partial charge in [-0.1, -0.05) is 46.3 Å². The van der Waals surface area contributed by atoms with Crippen molar-refractivity contribution in [3.8, 4) is 6.07 Å². The summed E-state index contributed by atoms with van der Waals surface area (Å²) < 4.78 is 0.912. The van der Waals surface area contributed by atoms with E-state index in [2.05, 4.69) is 33.9 Å². The molecule has 0 saturated heterocycles. The Balaban J connectivity index is 2.21. The Morgan fingerprint density at radius 2 is 2.00 bits per heavy atom. The van der Waals surface area contributed by atoms with Gasteiger partial charge in [-0.3, -0.25) is 4.79 Å².